The average Bonchev–Trinajstić information content (AvgIpc) is 2.81. The van der Waals surface area contributed by atoms with E-state index < -0.39 is 0 Å². The summed E-state index contributed by atoms with van der Waals surface area (Å²) in [6.07, 6.45) is 0. The maximum absolute atomic E-state index is 5.66. The highest BCUT2D eigenvalue weighted by molar-refractivity contribution is 8.00. The van der Waals surface area contributed by atoms with Crippen LogP contribution in [0.15, 0.2) is 28.6 Å². The van der Waals surface area contributed by atoms with Gasteiger partial charge in [-0.15, -0.1) is 0 Å². The fourth-order valence-electron chi connectivity index (χ4n) is 1.39. The molecule has 0 spiro atoms. The minimum absolute atomic E-state index is 0.538. The van der Waals surface area contributed by atoms with Gasteiger partial charge in [0.1, 0.15) is 11.6 Å². The van der Waals surface area contributed by atoms with Crippen molar-refractivity contribution >= 4 is 23.3 Å². The summed E-state index contributed by atoms with van der Waals surface area (Å²) < 4.78 is 10.8. The Morgan fingerprint density at radius 1 is 1.44 bits per heavy atom. The van der Waals surface area contributed by atoms with Crippen molar-refractivity contribution < 1.29 is 4.74 Å². The lowest BCUT2D eigenvalue weighted by Crippen LogP contribution is -2.01. The maximum atomic E-state index is 5.66. The number of nitrogens with zero attached hydrogens (tertiary/aromatic N) is 2. The van der Waals surface area contributed by atoms with Gasteiger partial charge in [0.05, 0.1) is 6.61 Å². The Kier molecular flexibility index (Phi) is 4.98. The van der Waals surface area contributed by atoms with Crippen molar-refractivity contribution in [3.63, 3.8) is 0 Å². The third-order valence-corrected chi connectivity index (χ3v) is 4.11. The summed E-state index contributed by atoms with van der Waals surface area (Å²) in [6, 6.07) is 7.86. The molecule has 0 aliphatic heterocycles. The predicted molar refractivity (Wildman–Crippen MR) is 75.2 cm³/mol. The van der Waals surface area contributed by atoms with Gasteiger partial charge < -0.3 is 10.5 Å². The number of aryl methyl sites for hydroxylation is 1. The molecule has 18 heavy (non-hydrogen) atoms. The molecule has 0 saturated heterocycles. The van der Waals surface area contributed by atoms with E-state index in [4.69, 9.17) is 10.5 Å². The first kappa shape index (κ1) is 13.3. The topological polar surface area (TPSA) is 61.0 Å². The molecule has 0 aliphatic rings. The van der Waals surface area contributed by atoms with Gasteiger partial charge >= 0.3 is 0 Å². The minimum Gasteiger partial charge on any atom is -0.493 e. The second kappa shape index (κ2) is 6.72. The molecule has 2 aromatic rings. The van der Waals surface area contributed by atoms with Crippen molar-refractivity contribution in [1.29, 1.82) is 0 Å². The van der Waals surface area contributed by atoms with Gasteiger partial charge in [-0.3, -0.25) is 0 Å². The molecule has 96 valence electrons. The summed E-state index contributed by atoms with van der Waals surface area (Å²) in [5.74, 6) is 2.56. The SMILES string of the molecule is Cc1nsc(SCCOc2cccc(CN)c2)n1. The average molecular weight is 281 g/mol. The Hall–Kier alpha value is -1.11. The van der Waals surface area contributed by atoms with E-state index >= 15 is 0 Å². The molecule has 1 aromatic carbocycles. The van der Waals surface area contributed by atoms with Crippen molar-refractivity contribution in [3.05, 3.63) is 35.7 Å². The number of ether oxygens (including phenoxy) is 1. The van der Waals surface area contributed by atoms with E-state index in [1.165, 1.54) is 11.5 Å². The van der Waals surface area contributed by atoms with Gasteiger partial charge in [0.2, 0.25) is 0 Å². The maximum Gasteiger partial charge on any atom is 0.170 e. The molecule has 0 amide bonds. The molecule has 0 fully saturated rings. The van der Waals surface area contributed by atoms with E-state index in [9.17, 15) is 0 Å². The summed E-state index contributed by atoms with van der Waals surface area (Å²) in [6.45, 7) is 3.09. The second-order valence-electron chi connectivity index (χ2n) is 3.66. The molecule has 4 nitrogen and oxygen atoms in total. The molecule has 2 rings (SSSR count). The third kappa shape index (κ3) is 3.97. The number of thioether (sulfide) groups is 1. The smallest absolute Gasteiger partial charge is 0.170 e. The fraction of sp³-hybridized carbons (Fsp3) is 0.333. The molecule has 2 N–H and O–H groups in total. The number of hydrogen-bond acceptors (Lipinski definition) is 6. The second-order valence-corrected chi connectivity index (χ2v) is 5.75. The number of aromatic nitrogens is 2. The highest BCUT2D eigenvalue weighted by Gasteiger charge is 2.01. The van der Waals surface area contributed by atoms with Crippen LogP contribution in [0.1, 0.15) is 11.4 Å². The normalized spacial score (nSPS) is 10.6. The Labute approximate surface area is 115 Å². The van der Waals surface area contributed by atoms with E-state index in [1.54, 1.807) is 11.8 Å². The summed E-state index contributed by atoms with van der Waals surface area (Å²) in [5.41, 5.74) is 6.66. The zero-order valence-electron chi connectivity index (χ0n) is 10.1. The Bertz CT molecular complexity index is 502. The lowest BCUT2D eigenvalue weighted by Gasteiger charge is -2.06. The van der Waals surface area contributed by atoms with Crippen LogP contribution in [-0.4, -0.2) is 21.7 Å². The molecule has 1 aromatic heterocycles. The lowest BCUT2D eigenvalue weighted by molar-refractivity contribution is 0.343. The molecule has 0 atom stereocenters. The molecule has 0 unspecified atom stereocenters. The zero-order valence-corrected chi connectivity index (χ0v) is 11.8. The molecule has 6 heteroatoms. The Morgan fingerprint density at radius 2 is 2.33 bits per heavy atom. The highest BCUT2D eigenvalue weighted by atomic mass is 32.2. The van der Waals surface area contributed by atoms with Crippen molar-refractivity contribution in [1.82, 2.24) is 9.36 Å². The fourth-order valence-corrected chi connectivity index (χ4v) is 2.92. The van der Waals surface area contributed by atoms with Crippen LogP contribution in [0.2, 0.25) is 0 Å². The van der Waals surface area contributed by atoms with Crippen molar-refractivity contribution in [2.24, 2.45) is 5.73 Å². The van der Waals surface area contributed by atoms with E-state index in [0.29, 0.717) is 13.2 Å². The first-order valence-electron chi connectivity index (χ1n) is 5.63. The van der Waals surface area contributed by atoms with E-state index in [0.717, 1.165) is 27.2 Å². The van der Waals surface area contributed by atoms with Crippen LogP contribution in [0.5, 0.6) is 5.75 Å². The quantitative estimate of drug-likeness (QED) is 0.651. The van der Waals surface area contributed by atoms with Crippen molar-refractivity contribution in [3.8, 4) is 5.75 Å². The third-order valence-electron chi connectivity index (χ3n) is 2.22. The molecule has 0 radical (unpaired) electrons. The summed E-state index contributed by atoms with van der Waals surface area (Å²) in [5, 5.41) is 0. The number of hydrogen-bond donors (Lipinski definition) is 1. The predicted octanol–water partition coefficient (Wildman–Crippen LogP) is 2.48. The van der Waals surface area contributed by atoms with Gasteiger partial charge in [0.15, 0.2) is 4.34 Å². The van der Waals surface area contributed by atoms with Gasteiger partial charge in [0, 0.05) is 12.3 Å². The van der Waals surface area contributed by atoms with Crippen LogP contribution in [0.25, 0.3) is 0 Å². The first-order chi connectivity index (χ1) is 8.78. The summed E-state index contributed by atoms with van der Waals surface area (Å²) in [4.78, 5) is 4.28. The Morgan fingerprint density at radius 3 is 3.06 bits per heavy atom. The van der Waals surface area contributed by atoms with Gasteiger partial charge in [0.25, 0.3) is 0 Å². The van der Waals surface area contributed by atoms with Crippen LogP contribution >= 0.6 is 23.3 Å². The van der Waals surface area contributed by atoms with Gasteiger partial charge in [-0.25, -0.2) is 4.98 Å². The van der Waals surface area contributed by atoms with E-state index in [-0.39, 0.29) is 0 Å². The number of nitrogens with two attached hydrogens (primary N) is 1. The van der Waals surface area contributed by atoms with E-state index in [2.05, 4.69) is 9.36 Å². The Balaban J connectivity index is 1.74. The van der Waals surface area contributed by atoms with Crippen LogP contribution in [0.3, 0.4) is 0 Å². The van der Waals surface area contributed by atoms with Crippen molar-refractivity contribution in [2.75, 3.05) is 12.4 Å². The molecule has 0 bridgehead atoms. The van der Waals surface area contributed by atoms with Crippen molar-refractivity contribution in [2.45, 2.75) is 17.8 Å². The van der Waals surface area contributed by atoms with Crippen LogP contribution < -0.4 is 10.5 Å². The lowest BCUT2D eigenvalue weighted by atomic mass is 10.2. The zero-order chi connectivity index (χ0) is 12.8. The minimum atomic E-state index is 0.538. The van der Waals surface area contributed by atoms with Gasteiger partial charge in [-0.2, -0.15) is 4.37 Å². The number of benzene rings is 1. The van der Waals surface area contributed by atoms with Crippen LogP contribution in [-0.2, 0) is 6.54 Å². The van der Waals surface area contributed by atoms with Crippen LogP contribution in [0, 0.1) is 6.92 Å². The summed E-state index contributed by atoms with van der Waals surface area (Å²) >= 11 is 3.10. The molecular formula is C12H15N3OS2. The molecular weight excluding hydrogens is 266 g/mol. The standard InChI is InChI=1S/C12H15N3OS2/c1-9-14-12(18-15-9)17-6-5-16-11-4-2-3-10(7-11)8-13/h2-4,7H,5-6,8,13H2,1H3. The molecule has 0 saturated carbocycles. The van der Waals surface area contributed by atoms with Gasteiger partial charge in [-0.1, -0.05) is 23.9 Å². The van der Waals surface area contributed by atoms with E-state index in [1.807, 2.05) is 31.2 Å². The van der Waals surface area contributed by atoms with Crippen LogP contribution in [0.4, 0.5) is 0 Å². The summed E-state index contributed by atoms with van der Waals surface area (Å²) in [7, 11) is 0. The highest BCUT2D eigenvalue weighted by Crippen LogP contribution is 2.20. The largest absolute Gasteiger partial charge is 0.493 e. The first-order valence-corrected chi connectivity index (χ1v) is 7.39. The van der Waals surface area contributed by atoms with Gasteiger partial charge in [-0.05, 0) is 36.2 Å². The monoisotopic (exact) mass is 281 g/mol. The molecule has 0 aliphatic carbocycles. The number of rotatable bonds is 6. The molecule has 1 heterocycles.